The number of esters is 2. The van der Waals surface area contributed by atoms with E-state index in [0.29, 0.717) is 15.4 Å². The van der Waals surface area contributed by atoms with Gasteiger partial charge >= 0.3 is 11.9 Å². The molecule has 0 bridgehead atoms. The second kappa shape index (κ2) is 7.78. The van der Waals surface area contributed by atoms with Gasteiger partial charge in [0.2, 0.25) is 0 Å². The molecule has 1 unspecified atom stereocenters. The van der Waals surface area contributed by atoms with E-state index in [1.807, 2.05) is 0 Å². The summed E-state index contributed by atoms with van der Waals surface area (Å²) in [4.78, 5) is 38.8. The Balaban J connectivity index is 2.31. The van der Waals surface area contributed by atoms with Crippen molar-refractivity contribution in [3.8, 4) is 5.75 Å². The van der Waals surface area contributed by atoms with Gasteiger partial charge in [0.1, 0.15) is 23.8 Å². The number of fused-ring (bicyclic) bond motifs is 1. The molecule has 29 heavy (non-hydrogen) atoms. The average molecular weight is 470 g/mol. The molecule has 2 aromatic rings. The van der Waals surface area contributed by atoms with Crippen LogP contribution in [0.2, 0.25) is 0 Å². The third-order valence-corrected chi connectivity index (χ3v) is 4.77. The number of ether oxygens (including phenoxy) is 3. The molecule has 0 spiro atoms. The van der Waals surface area contributed by atoms with E-state index in [1.54, 1.807) is 6.07 Å². The Morgan fingerprint density at radius 3 is 2.48 bits per heavy atom. The minimum Gasteiger partial charge on any atom is -0.469 e. The number of nitrogens with zero attached hydrogens (tertiary/aromatic N) is 1. The van der Waals surface area contributed by atoms with Crippen molar-refractivity contribution >= 4 is 39.5 Å². The topological polar surface area (TPSA) is 82.1 Å². The Hall–Kier alpha value is -3.01. The van der Waals surface area contributed by atoms with E-state index >= 15 is 0 Å². The normalized spacial score (nSPS) is 18.0. The molecule has 10 heteroatoms. The maximum Gasteiger partial charge on any atom is 0.373 e. The van der Waals surface area contributed by atoms with Gasteiger partial charge in [-0.1, -0.05) is 15.9 Å². The highest BCUT2D eigenvalue weighted by atomic mass is 79.9. The van der Waals surface area contributed by atoms with Gasteiger partial charge in [0.25, 0.3) is 11.6 Å². The molecule has 1 amide bonds. The number of anilines is 1. The first-order valence-electron chi connectivity index (χ1n) is 8.17. The number of amides is 1. The molecule has 1 heterocycles. The monoisotopic (exact) mass is 469 g/mol. The van der Waals surface area contributed by atoms with Crippen LogP contribution >= 0.6 is 15.9 Å². The number of halogens is 3. The van der Waals surface area contributed by atoms with Gasteiger partial charge in [-0.3, -0.25) is 14.5 Å². The van der Waals surface area contributed by atoms with Gasteiger partial charge in [-0.2, -0.15) is 0 Å². The third-order valence-electron chi connectivity index (χ3n) is 4.28. The summed E-state index contributed by atoms with van der Waals surface area (Å²) in [6, 6.07) is 6.78. The Labute approximate surface area is 172 Å². The first-order valence-corrected chi connectivity index (χ1v) is 8.96. The molecule has 0 saturated carbocycles. The lowest BCUT2D eigenvalue weighted by atomic mass is 9.99. The van der Waals surface area contributed by atoms with E-state index in [9.17, 15) is 23.2 Å². The highest BCUT2D eigenvalue weighted by Crippen LogP contribution is 2.41. The van der Waals surface area contributed by atoms with Crippen molar-refractivity contribution < 1.29 is 37.4 Å². The van der Waals surface area contributed by atoms with Gasteiger partial charge in [-0.05, 0) is 30.3 Å². The fourth-order valence-corrected chi connectivity index (χ4v) is 3.35. The van der Waals surface area contributed by atoms with Crippen molar-refractivity contribution in [2.45, 2.75) is 12.1 Å². The lowest BCUT2D eigenvalue weighted by molar-refractivity contribution is -0.166. The largest absolute Gasteiger partial charge is 0.469 e. The molecule has 0 aromatic heterocycles. The smallest absolute Gasteiger partial charge is 0.373 e. The van der Waals surface area contributed by atoms with E-state index in [-0.39, 0.29) is 11.3 Å². The van der Waals surface area contributed by atoms with Crippen LogP contribution in [0.1, 0.15) is 16.8 Å². The summed E-state index contributed by atoms with van der Waals surface area (Å²) in [6.07, 6.45) is -0.797. The van der Waals surface area contributed by atoms with Gasteiger partial charge in [-0.25, -0.2) is 13.6 Å². The second-order valence-electron chi connectivity index (χ2n) is 6.01. The summed E-state index contributed by atoms with van der Waals surface area (Å²) >= 11 is 3.23. The van der Waals surface area contributed by atoms with Gasteiger partial charge in [0.05, 0.1) is 25.5 Å². The average Bonchev–Trinajstić information content (AvgIpc) is 2.69. The molecule has 0 saturated heterocycles. The molecule has 7 nitrogen and oxygen atoms in total. The maximum absolute atomic E-state index is 14.6. The van der Waals surface area contributed by atoms with Crippen molar-refractivity contribution in [3.63, 3.8) is 0 Å². The summed E-state index contributed by atoms with van der Waals surface area (Å²) in [5, 5.41) is 0. The van der Waals surface area contributed by atoms with E-state index < -0.39 is 47.3 Å². The Morgan fingerprint density at radius 2 is 1.86 bits per heavy atom. The van der Waals surface area contributed by atoms with E-state index in [4.69, 9.17) is 9.47 Å². The Morgan fingerprint density at radius 1 is 1.14 bits per heavy atom. The van der Waals surface area contributed by atoms with Crippen LogP contribution in [-0.2, 0) is 19.1 Å². The molecule has 1 atom stereocenters. The van der Waals surface area contributed by atoms with E-state index in [1.165, 1.54) is 12.1 Å². The highest BCUT2D eigenvalue weighted by Gasteiger charge is 2.57. The number of rotatable bonds is 4. The van der Waals surface area contributed by atoms with E-state index in [2.05, 4.69) is 20.7 Å². The highest BCUT2D eigenvalue weighted by molar-refractivity contribution is 9.10. The molecule has 0 fully saturated rings. The van der Waals surface area contributed by atoms with E-state index in [0.717, 1.165) is 26.4 Å². The lowest BCUT2D eigenvalue weighted by Crippen LogP contribution is -2.65. The molecule has 3 rings (SSSR count). The van der Waals surface area contributed by atoms with Crippen LogP contribution in [0.4, 0.5) is 14.5 Å². The molecule has 0 aliphatic carbocycles. The summed E-state index contributed by atoms with van der Waals surface area (Å²) < 4.78 is 43.7. The molecular formula is C19H14BrF2NO6. The van der Waals surface area contributed by atoms with Crippen LogP contribution < -0.4 is 9.64 Å². The number of benzene rings is 2. The van der Waals surface area contributed by atoms with Gasteiger partial charge < -0.3 is 14.2 Å². The van der Waals surface area contributed by atoms with Gasteiger partial charge in [0.15, 0.2) is 0 Å². The molecule has 2 aromatic carbocycles. The fraction of sp³-hybridized carbons (Fsp3) is 0.211. The molecule has 1 aliphatic heterocycles. The van der Waals surface area contributed by atoms with Crippen LogP contribution in [0.15, 0.2) is 40.9 Å². The zero-order valence-electron chi connectivity index (χ0n) is 15.2. The molecule has 1 aliphatic rings. The molecule has 0 N–H and O–H groups in total. The lowest BCUT2D eigenvalue weighted by Gasteiger charge is -2.44. The van der Waals surface area contributed by atoms with Crippen molar-refractivity contribution in [2.75, 3.05) is 19.1 Å². The van der Waals surface area contributed by atoms with Crippen molar-refractivity contribution in [2.24, 2.45) is 0 Å². The van der Waals surface area contributed by atoms with Gasteiger partial charge in [-0.15, -0.1) is 0 Å². The number of carbonyl (C=O) groups is 3. The summed E-state index contributed by atoms with van der Waals surface area (Å²) in [6.45, 7) is 0. The standard InChI is InChI=1S/C19H14BrF2NO6/c1-27-16(24)9-19(18(26)28-2)23(14-5-4-11(21)8-13(14)22)17(25)12-7-10(20)3-6-15(12)29-19/h3-8H,9H2,1-2H3. The number of carbonyl (C=O) groups excluding carboxylic acids is 3. The summed E-state index contributed by atoms with van der Waals surface area (Å²) in [5.74, 6) is -4.97. The second-order valence-corrected chi connectivity index (χ2v) is 6.92. The minimum absolute atomic E-state index is 0.00695. The number of hydrogen-bond acceptors (Lipinski definition) is 6. The zero-order chi connectivity index (χ0) is 21.3. The molecule has 152 valence electrons. The predicted octanol–water partition coefficient (Wildman–Crippen LogP) is 3.20. The SMILES string of the molecule is COC(=O)CC1(C(=O)OC)Oc2ccc(Br)cc2C(=O)N1c1ccc(F)cc1F. The molecular weight excluding hydrogens is 456 g/mol. The van der Waals surface area contributed by atoms with Crippen molar-refractivity contribution in [1.82, 2.24) is 0 Å². The first kappa shape index (κ1) is 20.7. The van der Waals surface area contributed by atoms with Crippen LogP contribution in [0.25, 0.3) is 0 Å². The number of hydrogen-bond donors (Lipinski definition) is 0. The third kappa shape index (κ3) is 3.55. The predicted molar refractivity (Wildman–Crippen MR) is 99.3 cm³/mol. The first-order chi connectivity index (χ1) is 13.7. The summed E-state index contributed by atoms with van der Waals surface area (Å²) in [7, 11) is 2.09. The van der Waals surface area contributed by atoms with Crippen molar-refractivity contribution in [3.05, 3.63) is 58.1 Å². The van der Waals surface area contributed by atoms with Crippen LogP contribution in [0.5, 0.6) is 5.75 Å². The van der Waals surface area contributed by atoms with Crippen LogP contribution in [0, 0.1) is 11.6 Å². The zero-order valence-corrected chi connectivity index (χ0v) is 16.8. The number of methoxy groups -OCH3 is 2. The van der Waals surface area contributed by atoms with Gasteiger partial charge in [0, 0.05) is 10.5 Å². The Bertz CT molecular complexity index is 1010. The maximum atomic E-state index is 14.6. The van der Waals surface area contributed by atoms with Crippen LogP contribution in [-0.4, -0.2) is 37.8 Å². The minimum atomic E-state index is -2.40. The fourth-order valence-electron chi connectivity index (χ4n) is 2.98. The Kier molecular flexibility index (Phi) is 5.56. The van der Waals surface area contributed by atoms with Crippen molar-refractivity contribution in [1.29, 1.82) is 0 Å². The summed E-state index contributed by atoms with van der Waals surface area (Å²) in [5.41, 5.74) is -2.89. The molecule has 0 radical (unpaired) electrons. The quantitative estimate of drug-likeness (QED) is 0.639. The van der Waals surface area contributed by atoms with Crippen LogP contribution in [0.3, 0.4) is 0 Å².